The fourth-order valence-corrected chi connectivity index (χ4v) is 4.39. The van der Waals surface area contributed by atoms with Crippen molar-refractivity contribution in [3.63, 3.8) is 0 Å². The van der Waals surface area contributed by atoms with E-state index < -0.39 is 0 Å². The van der Waals surface area contributed by atoms with Crippen molar-refractivity contribution in [2.45, 2.75) is 52.4 Å². The van der Waals surface area contributed by atoms with Crippen molar-refractivity contribution in [3.8, 4) is 0 Å². The van der Waals surface area contributed by atoms with Gasteiger partial charge in [-0.3, -0.25) is 0 Å². The van der Waals surface area contributed by atoms with Gasteiger partial charge in [0.25, 0.3) is 0 Å². The molecule has 0 heteroatoms. The second-order valence-corrected chi connectivity index (χ2v) is 5.86. The third-order valence-corrected chi connectivity index (χ3v) is 5.45. The molecule has 0 amide bonds. The molecule has 0 nitrogen and oxygen atoms in total. The zero-order chi connectivity index (χ0) is 8.40. The van der Waals surface area contributed by atoms with E-state index in [1.807, 2.05) is 0 Å². The van der Waals surface area contributed by atoms with Gasteiger partial charge < -0.3 is 0 Å². The van der Waals surface area contributed by atoms with Crippen molar-refractivity contribution in [1.29, 1.82) is 0 Å². The first-order valence-corrected chi connectivity index (χ1v) is 5.69. The lowest BCUT2D eigenvalue weighted by Gasteiger charge is -2.43. The SMILES string of the molecule is CC1C(C2(C)CCC2)C12CCC2. The predicted octanol–water partition coefficient (Wildman–Crippen LogP) is 3.61. The molecule has 0 N–H and O–H groups in total. The first-order valence-electron chi connectivity index (χ1n) is 5.69. The average molecular weight is 164 g/mol. The standard InChI is InChI=1S/C12H20/c1-9-10(11(2)5-3-6-11)12(9)7-4-8-12/h9-10H,3-8H2,1-2H3. The maximum atomic E-state index is 2.55. The van der Waals surface area contributed by atoms with Gasteiger partial charge in [-0.15, -0.1) is 0 Å². The summed E-state index contributed by atoms with van der Waals surface area (Å²) in [7, 11) is 0. The molecular weight excluding hydrogens is 144 g/mol. The average Bonchev–Trinajstić information content (AvgIpc) is 2.50. The first-order chi connectivity index (χ1) is 5.69. The molecule has 2 atom stereocenters. The predicted molar refractivity (Wildman–Crippen MR) is 50.9 cm³/mol. The summed E-state index contributed by atoms with van der Waals surface area (Å²) >= 11 is 0. The Kier molecular flexibility index (Phi) is 1.18. The molecular formula is C12H20. The topological polar surface area (TPSA) is 0 Å². The third kappa shape index (κ3) is 0.625. The molecule has 3 rings (SSSR count). The summed E-state index contributed by atoms with van der Waals surface area (Å²) < 4.78 is 0. The molecule has 0 aromatic heterocycles. The summed E-state index contributed by atoms with van der Waals surface area (Å²) in [6, 6.07) is 0. The minimum absolute atomic E-state index is 0.792. The number of hydrogen-bond donors (Lipinski definition) is 0. The van der Waals surface area contributed by atoms with Crippen molar-refractivity contribution in [2.24, 2.45) is 22.7 Å². The molecule has 12 heavy (non-hydrogen) atoms. The van der Waals surface area contributed by atoms with Crippen LogP contribution in [0, 0.1) is 22.7 Å². The Hall–Kier alpha value is 0. The second-order valence-electron chi connectivity index (χ2n) is 5.86. The van der Waals surface area contributed by atoms with Crippen LogP contribution < -0.4 is 0 Å². The van der Waals surface area contributed by atoms with Gasteiger partial charge in [0.2, 0.25) is 0 Å². The maximum Gasteiger partial charge on any atom is -0.0233 e. The van der Waals surface area contributed by atoms with Crippen molar-refractivity contribution >= 4 is 0 Å². The summed E-state index contributed by atoms with van der Waals surface area (Å²) in [5.41, 5.74) is 1.68. The van der Waals surface area contributed by atoms with Crippen LogP contribution in [-0.2, 0) is 0 Å². The second kappa shape index (κ2) is 1.91. The highest BCUT2D eigenvalue weighted by atomic mass is 14.7. The van der Waals surface area contributed by atoms with Crippen LogP contribution in [0.2, 0.25) is 0 Å². The largest absolute Gasteiger partial charge is 0.0617 e. The van der Waals surface area contributed by atoms with Crippen LogP contribution in [0.1, 0.15) is 52.4 Å². The molecule has 68 valence electrons. The molecule has 3 aliphatic carbocycles. The van der Waals surface area contributed by atoms with Crippen LogP contribution in [0.4, 0.5) is 0 Å². The van der Waals surface area contributed by atoms with E-state index in [0.717, 1.165) is 22.7 Å². The summed E-state index contributed by atoms with van der Waals surface area (Å²) in [4.78, 5) is 0. The molecule has 3 fully saturated rings. The van der Waals surface area contributed by atoms with E-state index in [0.29, 0.717) is 0 Å². The van der Waals surface area contributed by atoms with Gasteiger partial charge in [0.15, 0.2) is 0 Å². The van der Waals surface area contributed by atoms with Crippen LogP contribution >= 0.6 is 0 Å². The lowest BCUT2D eigenvalue weighted by Crippen LogP contribution is -2.32. The molecule has 0 radical (unpaired) electrons. The smallest absolute Gasteiger partial charge is 0.0233 e. The van der Waals surface area contributed by atoms with Crippen LogP contribution in [0.25, 0.3) is 0 Å². The van der Waals surface area contributed by atoms with Crippen molar-refractivity contribution < 1.29 is 0 Å². The van der Waals surface area contributed by atoms with E-state index >= 15 is 0 Å². The first kappa shape index (κ1) is 7.41. The Balaban J connectivity index is 1.79. The van der Waals surface area contributed by atoms with E-state index in [9.17, 15) is 0 Å². The lowest BCUT2D eigenvalue weighted by molar-refractivity contribution is 0.0792. The highest BCUT2D eigenvalue weighted by molar-refractivity contribution is 5.18. The van der Waals surface area contributed by atoms with Crippen LogP contribution in [0.15, 0.2) is 0 Å². The Morgan fingerprint density at radius 3 is 1.83 bits per heavy atom. The summed E-state index contributed by atoms with van der Waals surface area (Å²) in [6.45, 7) is 5.05. The van der Waals surface area contributed by atoms with Crippen LogP contribution in [0.5, 0.6) is 0 Å². The van der Waals surface area contributed by atoms with Crippen molar-refractivity contribution in [1.82, 2.24) is 0 Å². The number of rotatable bonds is 1. The van der Waals surface area contributed by atoms with Crippen LogP contribution in [-0.4, -0.2) is 0 Å². The quantitative estimate of drug-likeness (QED) is 0.555. The molecule has 1 spiro atoms. The molecule has 0 saturated heterocycles. The fourth-order valence-electron chi connectivity index (χ4n) is 4.39. The van der Waals surface area contributed by atoms with Gasteiger partial charge in [-0.05, 0) is 48.3 Å². The van der Waals surface area contributed by atoms with Gasteiger partial charge in [-0.2, -0.15) is 0 Å². The lowest BCUT2D eigenvalue weighted by atomic mass is 9.62. The molecule has 3 aliphatic rings. The molecule has 3 saturated carbocycles. The minimum Gasteiger partial charge on any atom is -0.0617 e. The van der Waals surface area contributed by atoms with Gasteiger partial charge in [0.05, 0.1) is 0 Å². The van der Waals surface area contributed by atoms with Gasteiger partial charge in [-0.25, -0.2) is 0 Å². The molecule has 2 unspecified atom stereocenters. The van der Waals surface area contributed by atoms with E-state index in [-0.39, 0.29) is 0 Å². The molecule has 0 aromatic rings. The Morgan fingerprint density at radius 2 is 1.58 bits per heavy atom. The minimum atomic E-state index is 0.792. The Morgan fingerprint density at radius 1 is 1.00 bits per heavy atom. The maximum absolute atomic E-state index is 2.55. The highest BCUT2D eigenvalue weighted by Gasteiger charge is 2.70. The number of hydrogen-bond acceptors (Lipinski definition) is 0. The van der Waals surface area contributed by atoms with E-state index in [1.54, 1.807) is 12.8 Å². The van der Waals surface area contributed by atoms with E-state index in [4.69, 9.17) is 0 Å². The summed E-state index contributed by atoms with van der Waals surface area (Å²) in [5, 5.41) is 0. The monoisotopic (exact) mass is 164 g/mol. The molecule has 0 heterocycles. The van der Waals surface area contributed by atoms with Crippen LogP contribution in [0.3, 0.4) is 0 Å². The normalized spacial score (nSPS) is 46.5. The summed E-state index contributed by atoms with van der Waals surface area (Å²) in [6.07, 6.45) is 9.23. The molecule has 0 bridgehead atoms. The Labute approximate surface area is 75.7 Å². The molecule has 0 aromatic carbocycles. The van der Waals surface area contributed by atoms with E-state index in [1.165, 1.54) is 25.7 Å². The van der Waals surface area contributed by atoms with Crippen molar-refractivity contribution in [2.75, 3.05) is 0 Å². The van der Waals surface area contributed by atoms with Gasteiger partial charge in [-0.1, -0.05) is 26.7 Å². The third-order valence-electron chi connectivity index (χ3n) is 5.45. The fraction of sp³-hybridized carbons (Fsp3) is 1.00. The Bertz CT molecular complexity index is 194. The summed E-state index contributed by atoms with van der Waals surface area (Å²) in [5.74, 6) is 2.21. The van der Waals surface area contributed by atoms with E-state index in [2.05, 4.69) is 13.8 Å². The zero-order valence-electron chi connectivity index (χ0n) is 8.40. The molecule has 0 aliphatic heterocycles. The zero-order valence-corrected chi connectivity index (χ0v) is 8.40. The highest BCUT2D eigenvalue weighted by Crippen LogP contribution is 2.77. The van der Waals surface area contributed by atoms with Crippen molar-refractivity contribution in [3.05, 3.63) is 0 Å². The van der Waals surface area contributed by atoms with Gasteiger partial charge in [0, 0.05) is 0 Å². The van der Waals surface area contributed by atoms with Gasteiger partial charge in [0.1, 0.15) is 0 Å². The van der Waals surface area contributed by atoms with Gasteiger partial charge >= 0.3 is 0 Å².